The number of fused-ring (bicyclic) bond motifs is 1. The number of imidazole rings is 1. The van der Waals surface area contributed by atoms with Gasteiger partial charge in [-0.25, -0.2) is 19.6 Å². The molecule has 2 aromatic heterocycles. The third-order valence-corrected chi connectivity index (χ3v) is 10.1. The zero-order valence-corrected chi connectivity index (χ0v) is 25.5. The Morgan fingerprint density at radius 3 is 2.43 bits per heavy atom. The fraction of sp³-hybridized carbons (Fsp3) is 0.556. The van der Waals surface area contributed by atoms with Gasteiger partial charge in [-0.2, -0.15) is 0 Å². The molecule has 1 aromatic carbocycles. The Bertz CT molecular complexity index is 1400. The quantitative estimate of drug-likeness (QED) is 0.180. The van der Waals surface area contributed by atoms with Gasteiger partial charge >= 0.3 is 12.3 Å². The molecule has 0 saturated carbocycles. The molecular weight excluding hydrogens is 576 g/mol. The number of benzene rings is 1. The summed E-state index contributed by atoms with van der Waals surface area (Å²) < 4.78 is 71.4. The molecule has 0 saturated heterocycles. The number of nitrogens with two attached hydrogens (primary N) is 1. The smallest absolute Gasteiger partial charge is 0.465 e. The molecule has 0 aliphatic heterocycles. The molecule has 0 bridgehead atoms. The summed E-state index contributed by atoms with van der Waals surface area (Å²) in [5.41, 5.74) is 6.37. The highest BCUT2D eigenvalue weighted by Crippen LogP contribution is 2.56. The molecule has 0 aliphatic rings. The van der Waals surface area contributed by atoms with Gasteiger partial charge in [0.1, 0.15) is 23.9 Å². The van der Waals surface area contributed by atoms with E-state index >= 15 is 0 Å². The van der Waals surface area contributed by atoms with E-state index in [1.807, 2.05) is 13.8 Å². The van der Waals surface area contributed by atoms with Gasteiger partial charge in [-0.15, -0.1) is 13.2 Å². The fourth-order valence-electron chi connectivity index (χ4n) is 4.41. The number of nitrogen functional groups attached to an aromatic ring is 1. The first-order valence-electron chi connectivity index (χ1n) is 13.4. The SMILES string of the molecule is CCCOC(=O)C(C)(C)CP(=O)(CO[C@H](C)Cn1cnc2c(N)ncnc21)N(C)[C@H](C)c1ccc(OC(F)(F)F)cc1. The normalized spacial score (nSPS) is 15.4. The lowest BCUT2D eigenvalue weighted by Crippen LogP contribution is -2.35. The minimum absolute atomic E-state index is 0.0524. The van der Waals surface area contributed by atoms with E-state index in [2.05, 4.69) is 19.7 Å². The number of ether oxygens (including phenoxy) is 3. The average molecular weight is 615 g/mol. The standard InChI is InChI=1S/C27H38F3N6O5P/c1-7-12-39-25(37)26(4,5)14-42(38,35(6)19(3)20-8-10-21(11-9-20)41-27(28,29)30)17-40-18(2)13-36-16-34-22-23(31)32-15-33-24(22)36/h8-11,15-16,18-19H,7,12-14,17H2,1-6H3,(H2,31,32,33)/t18-,19-,42?/m1/s1. The Hall–Kier alpha value is -3.22. The highest BCUT2D eigenvalue weighted by molar-refractivity contribution is 7.61. The molecule has 0 radical (unpaired) electrons. The predicted octanol–water partition coefficient (Wildman–Crippen LogP) is 5.62. The molecule has 42 heavy (non-hydrogen) atoms. The van der Waals surface area contributed by atoms with Gasteiger partial charge in [0.15, 0.2) is 18.8 Å². The molecule has 2 N–H and O–H groups in total. The van der Waals surface area contributed by atoms with Crippen molar-refractivity contribution in [3.63, 3.8) is 0 Å². The molecule has 0 amide bonds. The van der Waals surface area contributed by atoms with Crippen LogP contribution in [-0.4, -0.2) is 68.8 Å². The highest BCUT2D eigenvalue weighted by atomic mass is 31.2. The third kappa shape index (κ3) is 8.42. The number of aromatic nitrogens is 4. The van der Waals surface area contributed by atoms with E-state index in [4.69, 9.17) is 15.2 Å². The maximum absolute atomic E-state index is 14.7. The lowest BCUT2D eigenvalue weighted by atomic mass is 9.97. The Balaban J connectivity index is 1.82. The van der Waals surface area contributed by atoms with Crippen molar-refractivity contribution in [3.05, 3.63) is 42.5 Å². The first-order chi connectivity index (χ1) is 19.6. The molecule has 0 fully saturated rings. The molecule has 3 aromatic rings. The lowest BCUT2D eigenvalue weighted by Gasteiger charge is -2.37. The van der Waals surface area contributed by atoms with E-state index in [0.717, 1.165) is 0 Å². The molecular formula is C27H38F3N6O5P. The second-order valence-corrected chi connectivity index (χ2v) is 13.7. The Labute approximate surface area is 243 Å². The summed E-state index contributed by atoms with van der Waals surface area (Å²) >= 11 is 0. The average Bonchev–Trinajstić information content (AvgIpc) is 3.32. The second-order valence-electron chi connectivity index (χ2n) is 10.8. The fourth-order valence-corrected chi connectivity index (χ4v) is 7.52. The molecule has 1 unspecified atom stereocenters. The van der Waals surface area contributed by atoms with Crippen LogP contribution in [0.5, 0.6) is 5.75 Å². The number of hydrogen-bond acceptors (Lipinski definition) is 9. The molecule has 11 nitrogen and oxygen atoms in total. The second kappa shape index (κ2) is 13.4. The molecule has 3 rings (SSSR count). The van der Waals surface area contributed by atoms with E-state index < -0.39 is 37.2 Å². The van der Waals surface area contributed by atoms with Crippen LogP contribution in [0.1, 0.15) is 52.6 Å². The summed E-state index contributed by atoms with van der Waals surface area (Å²) in [7, 11) is -1.81. The number of hydrogen-bond donors (Lipinski definition) is 1. The van der Waals surface area contributed by atoms with Crippen molar-refractivity contribution >= 4 is 30.2 Å². The number of anilines is 1. The van der Waals surface area contributed by atoms with E-state index in [9.17, 15) is 22.5 Å². The van der Waals surface area contributed by atoms with Crippen molar-refractivity contribution in [2.45, 2.75) is 66.1 Å². The van der Waals surface area contributed by atoms with Crippen LogP contribution in [0.25, 0.3) is 11.2 Å². The molecule has 232 valence electrons. The summed E-state index contributed by atoms with van der Waals surface area (Å²) in [6.07, 6.45) is -1.94. The Morgan fingerprint density at radius 1 is 1.14 bits per heavy atom. The first-order valence-corrected chi connectivity index (χ1v) is 15.5. The van der Waals surface area contributed by atoms with Crippen molar-refractivity contribution < 1.29 is 36.7 Å². The van der Waals surface area contributed by atoms with Gasteiger partial charge in [0.25, 0.3) is 0 Å². The summed E-state index contributed by atoms with van der Waals surface area (Å²) in [4.78, 5) is 25.3. The predicted molar refractivity (Wildman–Crippen MR) is 152 cm³/mol. The Morgan fingerprint density at radius 2 is 1.81 bits per heavy atom. The minimum Gasteiger partial charge on any atom is -0.465 e. The van der Waals surface area contributed by atoms with E-state index in [1.165, 1.54) is 30.6 Å². The van der Waals surface area contributed by atoms with Gasteiger partial charge in [0, 0.05) is 12.2 Å². The lowest BCUT2D eigenvalue weighted by molar-refractivity contribution is -0.274. The number of esters is 1. The van der Waals surface area contributed by atoms with Crippen LogP contribution in [-0.2, 0) is 25.4 Å². The third-order valence-electron chi connectivity index (χ3n) is 6.81. The van der Waals surface area contributed by atoms with Crippen LogP contribution in [0.2, 0.25) is 0 Å². The highest BCUT2D eigenvalue weighted by Gasteiger charge is 2.42. The first kappa shape index (κ1) is 33.3. The molecule has 0 aliphatic carbocycles. The van der Waals surface area contributed by atoms with Crippen molar-refractivity contribution in [2.75, 3.05) is 31.9 Å². The number of halogens is 3. The van der Waals surface area contributed by atoms with Gasteiger partial charge in [0.2, 0.25) is 0 Å². The van der Waals surface area contributed by atoms with Crippen LogP contribution in [0.4, 0.5) is 19.0 Å². The van der Waals surface area contributed by atoms with Crippen LogP contribution in [0, 0.1) is 5.41 Å². The van der Waals surface area contributed by atoms with E-state index in [1.54, 1.807) is 43.4 Å². The number of nitrogens with zero attached hydrogens (tertiary/aromatic N) is 5. The van der Waals surface area contributed by atoms with Gasteiger partial charge < -0.3 is 29.1 Å². The van der Waals surface area contributed by atoms with E-state index in [0.29, 0.717) is 29.7 Å². The largest absolute Gasteiger partial charge is 0.573 e. The van der Waals surface area contributed by atoms with E-state index in [-0.39, 0.29) is 30.7 Å². The summed E-state index contributed by atoms with van der Waals surface area (Å²) in [6, 6.07) is 4.86. The summed E-state index contributed by atoms with van der Waals surface area (Å²) in [5.74, 6) is -0.586. The van der Waals surface area contributed by atoms with Crippen molar-refractivity contribution in [1.82, 2.24) is 24.2 Å². The number of carbonyl (C=O) groups is 1. The zero-order valence-electron chi connectivity index (χ0n) is 24.6. The maximum atomic E-state index is 14.7. The monoisotopic (exact) mass is 614 g/mol. The number of alkyl halides is 3. The van der Waals surface area contributed by atoms with Crippen LogP contribution in [0.3, 0.4) is 0 Å². The van der Waals surface area contributed by atoms with Crippen molar-refractivity contribution in [2.24, 2.45) is 5.41 Å². The maximum Gasteiger partial charge on any atom is 0.573 e. The van der Waals surface area contributed by atoms with Gasteiger partial charge in [0.05, 0.1) is 31.0 Å². The van der Waals surface area contributed by atoms with Crippen molar-refractivity contribution in [1.29, 1.82) is 0 Å². The summed E-state index contributed by atoms with van der Waals surface area (Å²) in [6.45, 7) is 9.38. The molecule has 3 atom stereocenters. The molecule has 15 heteroatoms. The van der Waals surface area contributed by atoms with Gasteiger partial charge in [-0.3, -0.25) is 4.79 Å². The van der Waals surface area contributed by atoms with Crippen LogP contribution in [0.15, 0.2) is 36.9 Å². The van der Waals surface area contributed by atoms with Gasteiger partial charge in [-0.05, 0) is 58.9 Å². The van der Waals surface area contributed by atoms with Crippen LogP contribution >= 0.6 is 7.29 Å². The number of rotatable bonds is 14. The molecule has 2 heterocycles. The molecule has 0 spiro atoms. The zero-order chi connectivity index (χ0) is 31.3. The topological polar surface area (TPSA) is 135 Å². The van der Waals surface area contributed by atoms with Crippen molar-refractivity contribution in [3.8, 4) is 5.75 Å². The minimum atomic E-state index is -4.81. The number of carbonyl (C=O) groups excluding carboxylic acids is 1. The Kier molecular flexibility index (Phi) is 10.6. The summed E-state index contributed by atoms with van der Waals surface area (Å²) in [5, 5.41) is 0. The van der Waals surface area contributed by atoms with Gasteiger partial charge in [-0.1, -0.05) is 19.1 Å². The van der Waals surface area contributed by atoms with Crippen LogP contribution < -0.4 is 10.5 Å².